The van der Waals surface area contributed by atoms with Crippen molar-refractivity contribution in [1.29, 1.82) is 0 Å². The van der Waals surface area contributed by atoms with Crippen molar-refractivity contribution in [3.63, 3.8) is 0 Å². The molecule has 0 atom stereocenters. The molecule has 0 aromatic heterocycles. The summed E-state index contributed by atoms with van der Waals surface area (Å²) >= 11 is 0. The van der Waals surface area contributed by atoms with Gasteiger partial charge in [0.25, 0.3) is 0 Å². The van der Waals surface area contributed by atoms with Crippen molar-refractivity contribution < 1.29 is 9.59 Å². The van der Waals surface area contributed by atoms with Crippen LogP contribution in [0.25, 0.3) is 0 Å². The Labute approximate surface area is 156 Å². The van der Waals surface area contributed by atoms with Crippen molar-refractivity contribution in [3.8, 4) is 0 Å². The molecule has 2 N–H and O–H groups in total. The number of benzene rings is 1. The van der Waals surface area contributed by atoms with Gasteiger partial charge in [-0.3, -0.25) is 19.9 Å². The Kier molecular flexibility index (Phi) is 7.81. The van der Waals surface area contributed by atoms with Crippen LogP contribution in [-0.4, -0.2) is 61.0 Å². The number of hydrogen-bond donors (Lipinski definition) is 2. The van der Waals surface area contributed by atoms with Gasteiger partial charge in [-0.2, -0.15) is 0 Å². The topological polar surface area (TPSA) is 64.7 Å². The Morgan fingerprint density at radius 1 is 1.12 bits per heavy atom. The summed E-state index contributed by atoms with van der Waals surface area (Å²) in [5.41, 5.74) is 2.68. The van der Waals surface area contributed by atoms with E-state index in [9.17, 15) is 9.59 Å². The van der Waals surface area contributed by atoms with Crippen LogP contribution in [0.1, 0.15) is 30.9 Å². The minimum absolute atomic E-state index is 0.248. The Bertz CT molecular complexity index is 605. The molecule has 0 unspecified atom stereocenters. The lowest BCUT2D eigenvalue weighted by Crippen LogP contribution is -2.50. The van der Waals surface area contributed by atoms with Gasteiger partial charge in [0.1, 0.15) is 0 Å². The largest absolute Gasteiger partial charge is 0.334 e. The van der Waals surface area contributed by atoms with E-state index in [-0.39, 0.29) is 12.5 Å². The van der Waals surface area contributed by atoms with Gasteiger partial charge in [-0.15, -0.1) is 6.58 Å². The molecule has 2 rings (SSSR count). The maximum atomic E-state index is 11.9. The van der Waals surface area contributed by atoms with Crippen LogP contribution in [-0.2, 0) is 11.3 Å². The van der Waals surface area contributed by atoms with Crippen LogP contribution in [0.4, 0.5) is 4.79 Å². The zero-order valence-electron chi connectivity index (χ0n) is 15.8. The zero-order chi connectivity index (χ0) is 18.9. The number of rotatable bonds is 7. The summed E-state index contributed by atoms with van der Waals surface area (Å²) in [4.78, 5) is 27.8. The van der Waals surface area contributed by atoms with Gasteiger partial charge in [0, 0.05) is 39.3 Å². The molecule has 142 valence electrons. The Balaban J connectivity index is 1.70. The van der Waals surface area contributed by atoms with E-state index >= 15 is 0 Å². The van der Waals surface area contributed by atoms with Crippen molar-refractivity contribution in [3.05, 3.63) is 48.0 Å². The molecule has 1 aromatic rings. The first-order chi connectivity index (χ1) is 12.5. The first-order valence-electron chi connectivity index (χ1n) is 9.20. The van der Waals surface area contributed by atoms with E-state index in [4.69, 9.17) is 0 Å². The smallest absolute Gasteiger partial charge is 0.321 e. The van der Waals surface area contributed by atoms with Crippen LogP contribution in [0.2, 0.25) is 0 Å². The van der Waals surface area contributed by atoms with Gasteiger partial charge in [-0.1, -0.05) is 44.2 Å². The van der Waals surface area contributed by atoms with Gasteiger partial charge in [-0.05, 0) is 17.0 Å². The minimum Gasteiger partial charge on any atom is -0.334 e. The molecule has 3 amide bonds. The number of nitrogens with one attached hydrogen (secondary N) is 2. The lowest BCUT2D eigenvalue weighted by Gasteiger charge is -2.34. The van der Waals surface area contributed by atoms with Crippen LogP contribution < -0.4 is 10.6 Å². The van der Waals surface area contributed by atoms with Gasteiger partial charge in [0.2, 0.25) is 5.91 Å². The summed E-state index contributed by atoms with van der Waals surface area (Å²) in [7, 11) is 0. The van der Waals surface area contributed by atoms with E-state index in [1.807, 2.05) is 0 Å². The van der Waals surface area contributed by atoms with Gasteiger partial charge in [-0.25, -0.2) is 4.79 Å². The van der Waals surface area contributed by atoms with Crippen molar-refractivity contribution in [2.24, 2.45) is 0 Å². The van der Waals surface area contributed by atoms with E-state index in [0.717, 1.165) is 32.7 Å². The summed E-state index contributed by atoms with van der Waals surface area (Å²) < 4.78 is 0. The predicted molar refractivity (Wildman–Crippen MR) is 104 cm³/mol. The third-order valence-electron chi connectivity index (χ3n) is 4.54. The van der Waals surface area contributed by atoms with Crippen LogP contribution in [0.5, 0.6) is 0 Å². The Hall–Kier alpha value is -2.18. The molecule has 0 radical (unpaired) electrons. The molecule has 0 aliphatic carbocycles. The quantitative estimate of drug-likeness (QED) is 0.731. The van der Waals surface area contributed by atoms with E-state index in [2.05, 4.69) is 65.1 Å². The first-order valence-corrected chi connectivity index (χ1v) is 9.20. The number of hydrogen-bond acceptors (Lipinski definition) is 4. The van der Waals surface area contributed by atoms with Gasteiger partial charge in [0.15, 0.2) is 0 Å². The average Bonchev–Trinajstić information content (AvgIpc) is 2.62. The number of carbonyl (C=O) groups excluding carboxylic acids is 2. The van der Waals surface area contributed by atoms with E-state index in [0.29, 0.717) is 12.5 Å². The van der Waals surface area contributed by atoms with Crippen molar-refractivity contribution >= 4 is 11.9 Å². The number of imide groups is 1. The second-order valence-corrected chi connectivity index (χ2v) is 7.00. The van der Waals surface area contributed by atoms with Gasteiger partial charge >= 0.3 is 6.03 Å². The molecule has 1 heterocycles. The fourth-order valence-electron chi connectivity index (χ4n) is 2.95. The maximum absolute atomic E-state index is 11.9. The van der Waals surface area contributed by atoms with Crippen LogP contribution in [0, 0.1) is 0 Å². The standard InChI is InChI=1S/C20H30N4O2/c1-4-9-21-20(26)22-19(25)15-24-12-10-23(11-13-24)14-17-5-7-18(8-6-17)16(2)3/h4-8,16H,1,9-15H2,2-3H3,(H2,21,22,25,26). The van der Waals surface area contributed by atoms with Crippen molar-refractivity contribution in [1.82, 2.24) is 20.4 Å². The summed E-state index contributed by atoms with van der Waals surface area (Å²) in [6.07, 6.45) is 1.57. The van der Waals surface area contributed by atoms with E-state index in [1.54, 1.807) is 6.08 Å². The summed E-state index contributed by atoms with van der Waals surface area (Å²) in [5, 5.41) is 4.87. The minimum atomic E-state index is -0.474. The number of piperazine rings is 1. The Morgan fingerprint density at radius 3 is 2.31 bits per heavy atom. The normalized spacial score (nSPS) is 15.7. The average molecular weight is 358 g/mol. The van der Waals surface area contributed by atoms with Crippen LogP contribution >= 0.6 is 0 Å². The molecule has 6 nitrogen and oxygen atoms in total. The number of amides is 3. The van der Waals surface area contributed by atoms with E-state index in [1.165, 1.54) is 11.1 Å². The molecule has 0 saturated carbocycles. The molecule has 1 aliphatic heterocycles. The second kappa shape index (κ2) is 10.1. The molecule has 26 heavy (non-hydrogen) atoms. The molecular formula is C20H30N4O2. The number of nitrogens with zero attached hydrogens (tertiary/aromatic N) is 2. The molecular weight excluding hydrogens is 328 g/mol. The molecule has 1 aliphatic rings. The first kappa shape index (κ1) is 20.1. The summed E-state index contributed by atoms with van der Waals surface area (Å²) in [5.74, 6) is 0.280. The summed E-state index contributed by atoms with van der Waals surface area (Å²) in [6.45, 7) is 12.9. The second-order valence-electron chi connectivity index (χ2n) is 7.00. The lowest BCUT2D eigenvalue weighted by molar-refractivity contribution is -0.121. The predicted octanol–water partition coefficient (Wildman–Crippen LogP) is 1.94. The number of urea groups is 1. The maximum Gasteiger partial charge on any atom is 0.321 e. The third kappa shape index (κ3) is 6.61. The highest BCUT2D eigenvalue weighted by atomic mass is 16.2. The molecule has 1 saturated heterocycles. The summed E-state index contributed by atoms with van der Waals surface area (Å²) in [6, 6.07) is 8.35. The fourth-order valence-corrected chi connectivity index (χ4v) is 2.95. The van der Waals surface area contributed by atoms with E-state index < -0.39 is 6.03 Å². The monoisotopic (exact) mass is 358 g/mol. The highest BCUT2D eigenvalue weighted by molar-refractivity contribution is 5.95. The van der Waals surface area contributed by atoms with Gasteiger partial charge in [0.05, 0.1) is 6.54 Å². The molecule has 1 fully saturated rings. The van der Waals surface area contributed by atoms with Crippen LogP contribution in [0.3, 0.4) is 0 Å². The Morgan fingerprint density at radius 2 is 1.73 bits per heavy atom. The molecule has 6 heteroatoms. The van der Waals surface area contributed by atoms with Crippen molar-refractivity contribution in [2.75, 3.05) is 39.3 Å². The highest BCUT2D eigenvalue weighted by Crippen LogP contribution is 2.16. The fraction of sp³-hybridized carbons (Fsp3) is 0.500. The van der Waals surface area contributed by atoms with Crippen molar-refractivity contribution in [2.45, 2.75) is 26.3 Å². The molecule has 0 bridgehead atoms. The molecule has 1 aromatic carbocycles. The molecule has 0 spiro atoms. The number of carbonyl (C=O) groups is 2. The lowest BCUT2D eigenvalue weighted by atomic mass is 10.0. The van der Waals surface area contributed by atoms with Crippen LogP contribution in [0.15, 0.2) is 36.9 Å². The third-order valence-corrected chi connectivity index (χ3v) is 4.54. The SMILES string of the molecule is C=CCNC(=O)NC(=O)CN1CCN(Cc2ccc(C(C)C)cc2)CC1. The van der Waals surface area contributed by atoms with Gasteiger partial charge < -0.3 is 5.32 Å². The zero-order valence-corrected chi connectivity index (χ0v) is 15.8. The highest BCUT2D eigenvalue weighted by Gasteiger charge is 2.19.